The number of aliphatic carboxylic acids is 1. The average Bonchev–Trinajstić information content (AvgIpc) is 3.37. The maximum Gasteiger partial charge on any atom is 0.331 e. The van der Waals surface area contributed by atoms with Gasteiger partial charge in [-0.05, 0) is 62.6 Å². The van der Waals surface area contributed by atoms with Crippen molar-refractivity contribution < 1.29 is 24.2 Å². The van der Waals surface area contributed by atoms with Crippen molar-refractivity contribution in [3.8, 4) is 17.0 Å². The number of amides is 1. The number of carbonyl (C=O) groups is 2. The maximum absolute atomic E-state index is 13.0. The number of carboxylic acids is 1. The zero-order valence-corrected chi connectivity index (χ0v) is 24.5. The van der Waals surface area contributed by atoms with Gasteiger partial charge in [0.25, 0.3) is 5.91 Å². The van der Waals surface area contributed by atoms with Crippen molar-refractivity contribution >= 4 is 46.0 Å². The SMILES string of the molecule is CCCCCCO[C@@H](C)c1cccc(-c2csc(NC(=O)c3cc(C)c(/C=C(\C)C(=O)O)c(Cl)c3)n2)c1OC. The average molecular weight is 571 g/mol. The third-order valence-electron chi connectivity index (χ3n) is 6.35. The van der Waals surface area contributed by atoms with Crippen LogP contribution in [-0.2, 0) is 9.53 Å². The molecule has 3 rings (SSSR count). The number of benzene rings is 2. The number of carboxylic acid groups (broad SMARTS) is 1. The van der Waals surface area contributed by atoms with Crippen LogP contribution in [0, 0.1) is 6.92 Å². The van der Waals surface area contributed by atoms with Gasteiger partial charge in [0.1, 0.15) is 5.75 Å². The van der Waals surface area contributed by atoms with Gasteiger partial charge in [-0.3, -0.25) is 10.1 Å². The molecule has 39 heavy (non-hydrogen) atoms. The van der Waals surface area contributed by atoms with Crippen LogP contribution in [0.15, 0.2) is 41.3 Å². The molecule has 0 saturated heterocycles. The van der Waals surface area contributed by atoms with Gasteiger partial charge in [-0.25, -0.2) is 9.78 Å². The predicted molar refractivity (Wildman–Crippen MR) is 158 cm³/mol. The summed E-state index contributed by atoms with van der Waals surface area (Å²) in [4.78, 5) is 28.8. The molecular formula is C30H35ClN2O5S. The summed E-state index contributed by atoms with van der Waals surface area (Å²) in [6, 6.07) is 9.08. The molecule has 2 aromatic carbocycles. The monoisotopic (exact) mass is 570 g/mol. The summed E-state index contributed by atoms with van der Waals surface area (Å²) >= 11 is 7.70. The first-order valence-corrected chi connectivity index (χ1v) is 14.2. The molecule has 1 heterocycles. The maximum atomic E-state index is 13.0. The highest BCUT2D eigenvalue weighted by molar-refractivity contribution is 7.14. The molecule has 0 radical (unpaired) electrons. The van der Waals surface area contributed by atoms with Gasteiger partial charge in [-0.2, -0.15) is 0 Å². The van der Waals surface area contributed by atoms with Gasteiger partial charge >= 0.3 is 5.97 Å². The van der Waals surface area contributed by atoms with E-state index in [9.17, 15) is 9.59 Å². The van der Waals surface area contributed by atoms with Crippen LogP contribution in [0.3, 0.4) is 0 Å². The number of ether oxygens (including phenoxy) is 2. The van der Waals surface area contributed by atoms with Gasteiger partial charge in [-0.15, -0.1) is 11.3 Å². The lowest BCUT2D eigenvalue weighted by Gasteiger charge is -2.18. The molecule has 7 nitrogen and oxygen atoms in total. The molecule has 0 spiro atoms. The molecule has 3 aromatic rings. The number of nitrogens with zero attached hydrogens (tertiary/aromatic N) is 1. The normalized spacial score (nSPS) is 12.3. The molecule has 2 N–H and O–H groups in total. The standard InChI is InChI=1S/C30H35ClN2O5S/c1-6-7-8-9-13-38-20(4)22-11-10-12-23(27(22)37-5)26-17-39-30(32-26)33-28(34)21-14-18(2)24(25(31)16-21)15-19(3)29(35)36/h10-12,14-17,20H,6-9,13H2,1-5H3,(H,35,36)(H,32,33,34)/b19-15+/t20-/m0/s1. The molecule has 0 aliphatic heterocycles. The molecule has 0 saturated carbocycles. The van der Waals surface area contributed by atoms with Gasteiger partial charge in [0.15, 0.2) is 5.13 Å². The molecule has 0 fully saturated rings. The van der Waals surface area contributed by atoms with Crippen LogP contribution in [0.5, 0.6) is 5.75 Å². The van der Waals surface area contributed by atoms with Crippen LogP contribution >= 0.6 is 22.9 Å². The number of halogens is 1. The second kappa shape index (κ2) is 14.3. The van der Waals surface area contributed by atoms with Crippen molar-refractivity contribution in [1.82, 2.24) is 4.98 Å². The Kier molecular flexibility index (Phi) is 11.1. The molecule has 1 aromatic heterocycles. The van der Waals surface area contributed by atoms with Gasteiger partial charge in [0.05, 0.1) is 18.9 Å². The number of aromatic nitrogens is 1. The fourth-order valence-electron chi connectivity index (χ4n) is 4.15. The molecular weight excluding hydrogens is 536 g/mol. The molecule has 1 atom stereocenters. The number of rotatable bonds is 13. The van der Waals surface area contributed by atoms with Gasteiger partial charge in [0.2, 0.25) is 0 Å². The molecule has 0 aliphatic carbocycles. The quantitative estimate of drug-likeness (QED) is 0.159. The topological polar surface area (TPSA) is 97.8 Å². The lowest BCUT2D eigenvalue weighted by Crippen LogP contribution is -2.12. The summed E-state index contributed by atoms with van der Waals surface area (Å²) in [5, 5.41) is 14.6. The van der Waals surface area contributed by atoms with E-state index in [-0.39, 0.29) is 17.6 Å². The van der Waals surface area contributed by atoms with Crippen molar-refractivity contribution in [2.75, 3.05) is 19.0 Å². The highest BCUT2D eigenvalue weighted by Crippen LogP contribution is 2.38. The van der Waals surface area contributed by atoms with Crippen LogP contribution in [0.4, 0.5) is 5.13 Å². The first kappa shape index (κ1) is 30.3. The number of aryl methyl sites for hydroxylation is 1. The van der Waals surface area contributed by atoms with E-state index in [1.54, 1.807) is 20.1 Å². The Morgan fingerprint density at radius 1 is 1.23 bits per heavy atom. The van der Waals surface area contributed by atoms with E-state index in [0.29, 0.717) is 44.9 Å². The van der Waals surface area contributed by atoms with E-state index < -0.39 is 5.97 Å². The minimum Gasteiger partial charge on any atom is -0.496 e. The Morgan fingerprint density at radius 2 is 2.00 bits per heavy atom. The number of unbranched alkanes of at least 4 members (excludes halogenated alkanes) is 3. The van der Waals surface area contributed by atoms with Crippen molar-refractivity contribution in [3.63, 3.8) is 0 Å². The van der Waals surface area contributed by atoms with Crippen LogP contribution < -0.4 is 10.1 Å². The Balaban J connectivity index is 1.77. The largest absolute Gasteiger partial charge is 0.496 e. The third kappa shape index (κ3) is 7.91. The van der Waals surface area contributed by atoms with Crippen LogP contribution in [0.25, 0.3) is 17.3 Å². The first-order valence-electron chi connectivity index (χ1n) is 12.9. The minimum atomic E-state index is -1.03. The molecule has 1 amide bonds. The summed E-state index contributed by atoms with van der Waals surface area (Å²) in [6.07, 6.45) is 5.94. The number of nitrogens with one attached hydrogen (secondary N) is 1. The molecule has 0 aliphatic rings. The van der Waals surface area contributed by atoms with Crippen LogP contribution in [0.1, 0.15) is 79.6 Å². The van der Waals surface area contributed by atoms with E-state index >= 15 is 0 Å². The summed E-state index contributed by atoms with van der Waals surface area (Å²) in [7, 11) is 1.63. The number of carbonyl (C=O) groups excluding carboxylic acids is 1. The van der Waals surface area contributed by atoms with Crippen molar-refractivity contribution in [3.05, 3.63) is 68.6 Å². The van der Waals surface area contributed by atoms with E-state index in [4.69, 9.17) is 26.2 Å². The summed E-state index contributed by atoms with van der Waals surface area (Å²) in [5.74, 6) is -0.694. The zero-order valence-electron chi connectivity index (χ0n) is 23.0. The second-order valence-corrected chi connectivity index (χ2v) is 10.6. The second-order valence-electron chi connectivity index (χ2n) is 9.31. The fourth-order valence-corrected chi connectivity index (χ4v) is 5.18. The lowest BCUT2D eigenvalue weighted by molar-refractivity contribution is -0.132. The minimum absolute atomic E-state index is 0.135. The molecule has 0 unspecified atom stereocenters. The van der Waals surface area contributed by atoms with Gasteiger partial charge < -0.3 is 14.6 Å². The Labute approximate surface area is 238 Å². The summed E-state index contributed by atoms with van der Waals surface area (Å²) in [5.41, 5.74) is 4.21. The first-order chi connectivity index (χ1) is 18.7. The van der Waals surface area contributed by atoms with Gasteiger partial charge in [-0.1, -0.05) is 49.9 Å². The van der Waals surface area contributed by atoms with Crippen molar-refractivity contribution in [2.24, 2.45) is 0 Å². The number of thiazole rings is 1. The number of anilines is 1. The van der Waals surface area contributed by atoms with Crippen LogP contribution in [0.2, 0.25) is 5.02 Å². The van der Waals surface area contributed by atoms with E-state index in [1.165, 1.54) is 43.2 Å². The fraction of sp³-hybridized carbons (Fsp3) is 0.367. The lowest BCUT2D eigenvalue weighted by atomic mass is 10.0. The predicted octanol–water partition coefficient (Wildman–Crippen LogP) is 8.18. The molecule has 9 heteroatoms. The number of hydrogen-bond donors (Lipinski definition) is 2. The zero-order chi connectivity index (χ0) is 28.5. The molecule has 0 bridgehead atoms. The highest BCUT2D eigenvalue weighted by atomic mass is 35.5. The third-order valence-corrected chi connectivity index (χ3v) is 7.42. The van der Waals surface area contributed by atoms with Crippen molar-refractivity contribution in [2.45, 2.75) is 59.5 Å². The summed E-state index contributed by atoms with van der Waals surface area (Å²) < 4.78 is 11.9. The highest BCUT2D eigenvalue weighted by Gasteiger charge is 2.19. The number of para-hydroxylation sites is 1. The van der Waals surface area contributed by atoms with E-state index in [2.05, 4.69) is 17.2 Å². The van der Waals surface area contributed by atoms with Crippen molar-refractivity contribution in [1.29, 1.82) is 0 Å². The summed E-state index contributed by atoms with van der Waals surface area (Å²) in [6.45, 7) is 8.17. The Hall–Kier alpha value is -3.20. The number of methoxy groups -OCH3 is 1. The van der Waals surface area contributed by atoms with E-state index in [1.807, 2.05) is 30.5 Å². The Morgan fingerprint density at radius 3 is 2.67 bits per heavy atom. The molecule has 208 valence electrons. The van der Waals surface area contributed by atoms with E-state index in [0.717, 1.165) is 24.0 Å². The smallest absolute Gasteiger partial charge is 0.331 e. The number of hydrogen-bond acceptors (Lipinski definition) is 6. The van der Waals surface area contributed by atoms with Crippen LogP contribution in [-0.4, -0.2) is 35.7 Å². The Bertz CT molecular complexity index is 1330. The van der Waals surface area contributed by atoms with Gasteiger partial charge in [0, 0.05) is 39.3 Å².